The van der Waals surface area contributed by atoms with Gasteiger partial charge in [0, 0.05) is 46.4 Å². The molecule has 11 heteroatoms. The number of Topliss-reactive ketones (excluding diaryl/α,β-unsaturated/α-hetero) is 4. The van der Waals surface area contributed by atoms with Crippen LogP contribution in [0.2, 0.25) is 0 Å². The second-order valence-electron chi connectivity index (χ2n) is 10.2. The predicted molar refractivity (Wildman–Crippen MR) is 130 cm³/mol. The van der Waals surface area contributed by atoms with Crippen molar-refractivity contribution in [1.29, 1.82) is 0 Å². The molecule has 0 amide bonds. The van der Waals surface area contributed by atoms with Crippen LogP contribution in [-0.4, -0.2) is 102 Å². The first-order chi connectivity index (χ1) is 18.0. The Balaban J connectivity index is 1.69. The van der Waals surface area contributed by atoms with E-state index in [1.54, 1.807) is 18.9 Å². The highest BCUT2D eigenvalue weighted by atomic mass is 16.5. The highest BCUT2D eigenvalue weighted by molar-refractivity contribution is 6.26. The predicted octanol–water partition coefficient (Wildman–Crippen LogP) is 0.135. The highest BCUT2D eigenvalue weighted by Crippen LogP contribution is 2.48. The van der Waals surface area contributed by atoms with Crippen LogP contribution >= 0.6 is 0 Å². The SMILES string of the molecule is COC1=C(C)C(=O)C2=C(C1=O)[C@@H]1[C@H]3CC4=C(C(=O)C(OC)=C(C)C4=O)[C@H](COC(C)=O)N3[C@@H](O)[C@H](C2)N1C. The van der Waals surface area contributed by atoms with Crippen molar-refractivity contribution < 1.29 is 43.3 Å². The van der Waals surface area contributed by atoms with Crippen molar-refractivity contribution in [2.75, 3.05) is 27.9 Å². The van der Waals surface area contributed by atoms with Gasteiger partial charge in [-0.2, -0.15) is 0 Å². The van der Waals surface area contributed by atoms with Gasteiger partial charge in [0.2, 0.25) is 11.6 Å². The molecule has 0 unspecified atom stereocenters. The summed E-state index contributed by atoms with van der Waals surface area (Å²) in [6.45, 7) is 3.99. The lowest BCUT2D eigenvalue weighted by atomic mass is 9.68. The summed E-state index contributed by atoms with van der Waals surface area (Å²) >= 11 is 0. The van der Waals surface area contributed by atoms with E-state index < -0.39 is 47.9 Å². The zero-order valence-electron chi connectivity index (χ0n) is 22.1. The van der Waals surface area contributed by atoms with Crippen LogP contribution in [-0.2, 0) is 38.2 Å². The Morgan fingerprint density at radius 2 is 1.37 bits per heavy atom. The van der Waals surface area contributed by atoms with E-state index in [2.05, 4.69) is 0 Å². The van der Waals surface area contributed by atoms with E-state index in [0.717, 1.165) is 0 Å². The van der Waals surface area contributed by atoms with E-state index in [0.29, 0.717) is 5.57 Å². The van der Waals surface area contributed by atoms with Crippen molar-refractivity contribution in [2.45, 2.75) is 64.0 Å². The van der Waals surface area contributed by atoms with Crippen LogP contribution in [0.25, 0.3) is 0 Å². The maximum Gasteiger partial charge on any atom is 0.302 e. The van der Waals surface area contributed by atoms with Crippen molar-refractivity contribution in [2.24, 2.45) is 0 Å². The first-order valence-electron chi connectivity index (χ1n) is 12.4. The van der Waals surface area contributed by atoms with E-state index in [1.807, 2.05) is 4.90 Å². The average Bonchev–Trinajstić information content (AvgIpc) is 2.87. The lowest BCUT2D eigenvalue weighted by molar-refractivity contribution is -0.171. The molecule has 3 heterocycles. The molecule has 0 aromatic heterocycles. The number of carbonyl (C=O) groups is 5. The van der Waals surface area contributed by atoms with E-state index in [-0.39, 0.29) is 70.4 Å². The standard InChI is InChI=1S/C27H30N2O9/c1-10-21(31)13-7-15-20-19-14(22(32)11(2)26(37-6)24(19)34)8-16(28(20)4)27(35)29(15)17(9-38-12(3)30)18(13)23(33)25(10)36-5/h15-17,20,27,35H,7-9H2,1-6H3/t15-,16+,17+,20+,27+/m1/s1. The summed E-state index contributed by atoms with van der Waals surface area (Å²) in [4.78, 5) is 69.3. The van der Waals surface area contributed by atoms with Gasteiger partial charge in [-0.3, -0.25) is 33.8 Å². The van der Waals surface area contributed by atoms with Gasteiger partial charge in [0.05, 0.1) is 32.3 Å². The third kappa shape index (κ3) is 3.41. The number of hydrogen-bond acceptors (Lipinski definition) is 11. The van der Waals surface area contributed by atoms with Crippen molar-refractivity contribution in [1.82, 2.24) is 9.80 Å². The van der Waals surface area contributed by atoms with Gasteiger partial charge in [-0.25, -0.2) is 0 Å². The van der Waals surface area contributed by atoms with Crippen LogP contribution in [0.4, 0.5) is 0 Å². The number of carbonyl (C=O) groups excluding carboxylic acids is 5. The monoisotopic (exact) mass is 526 g/mol. The van der Waals surface area contributed by atoms with Gasteiger partial charge in [0.1, 0.15) is 12.8 Å². The maximum absolute atomic E-state index is 13.7. The molecule has 1 N–H and O–H groups in total. The number of ether oxygens (including phenoxy) is 3. The largest absolute Gasteiger partial charge is 0.492 e. The maximum atomic E-state index is 13.7. The summed E-state index contributed by atoms with van der Waals surface area (Å²) in [6.07, 6.45) is -1.05. The lowest BCUT2D eigenvalue weighted by Crippen LogP contribution is -2.74. The fraction of sp³-hybridized carbons (Fsp3) is 0.519. The van der Waals surface area contributed by atoms with Crippen LogP contribution in [0.1, 0.15) is 33.6 Å². The minimum Gasteiger partial charge on any atom is -0.492 e. The number of nitrogens with zero attached hydrogens (tertiary/aromatic N) is 2. The van der Waals surface area contributed by atoms with E-state index in [1.165, 1.54) is 28.1 Å². The second kappa shape index (κ2) is 9.11. The van der Waals surface area contributed by atoms with Crippen LogP contribution in [0, 0.1) is 0 Å². The number of aliphatic hydroxyl groups excluding tert-OH is 1. The fourth-order valence-corrected chi connectivity index (χ4v) is 6.78. The Labute approximate surface area is 219 Å². The minimum absolute atomic E-state index is 0.0297. The third-order valence-electron chi connectivity index (χ3n) is 8.49. The molecule has 5 aliphatic rings. The summed E-state index contributed by atoms with van der Waals surface area (Å²) in [6, 6.07) is -2.93. The van der Waals surface area contributed by atoms with Gasteiger partial charge in [-0.1, -0.05) is 0 Å². The molecule has 0 aromatic carbocycles. The van der Waals surface area contributed by atoms with Gasteiger partial charge in [0.25, 0.3) is 0 Å². The van der Waals surface area contributed by atoms with Crippen molar-refractivity contribution in [3.63, 3.8) is 0 Å². The number of hydrogen-bond donors (Lipinski definition) is 1. The Morgan fingerprint density at radius 3 is 1.89 bits per heavy atom. The van der Waals surface area contributed by atoms with Crippen molar-refractivity contribution >= 4 is 29.1 Å². The number of allylic oxidation sites excluding steroid dienone is 4. The third-order valence-corrected chi connectivity index (χ3v) is 8.49. The molecule has 2 bridgehead atoms. The molecule has 5 atom stereocenters. The zero-order valence-corrected chi connectivity index (χ0v) is 22.1. The number of rotatable bonds is 4. The number of ketones is 4. The Bertz CT molecular complexity index is 1330. The normalized spacial score (nSPS) is 31.9. The molecule has 38 heavy (non-hydrogen) atoms. The number of fused-ring (bicyclic) bond motifs is 5. The van der Waals surface area contributed by atoms with E-state index in [9.17, 15) is 29.1 Å². The quantitative estimate of drug-likeness (QED) is 0.395. The molecule has 1 fully saturated rings. The van der Waals surface area contributed by atoms with Gasteiger partial charge in [-0.15, -0.1) is 0 Å². The molecular weight excluding hydrogens is 496 g/mol. The topological polar surface area (TPSA) is 140 Å². The smallest absolute Gasteiger partial charge is 0.302 e. The summed E-state index contributed by atoms with van der Waals surface area (Å²) < 4.78 is 15.9. The van der Waals surface area contributed by atoms with Crippen LogP contribution < -0.4 is 0 Å². The number of aliphatic hydroxyl groups is 1. The van der Waals surface area contributed by atoms with Gasteiger partial charge >= 0.3 is 5.97 Å². The molecule has 11 nitrogen and oxygen atoms in total. The summed E-state index contributed by atoms with van der Waals surface area (Å²) in [5, 5.41) is 11.7. The fourth-order valence-electron chi connectivity index (χ4n) is 6.78. The van der Waals surface area contributed by atoms with E-state index >= 15 is 0 Å². The summed E-state index contributed by atoms with van der Waals surface area (Å²) in [5.74, 6) is -2.31. The number of likely N-dealkylation sites (N-methyl/N-ethyl adjacent to an activating group) is 1. The van der Waals surface area contributed by atoms with E-state index in [4.69, 9.17) is 14.2 Å². The highest BCUT2D eigenvalue weighted by Gasteiger charge is 2.59. The van der Waals surface area contributed by atoms with Crippen LogP contribution in [0.3, 0.4) is 0 Å². The zero-order chi connectivity index (χ0) is 27.8. The summed E-state index contributed by atoms with van der Waals surface area (Å²) in [7, 11) is 4.41. The average molecular weight is 527 g/mol. The Morgan fingerprint density at radius 1 is 0.868 bits per heavy atom. The molecule has 0 saturated carbocycles. The molecule has 5 rings (SSSR count). The molecule has 1 saturated heterocycles. The van der Waals surface area contributed by atoms with Gasteiger partial charge in [-0.05, 0) is 33.7 Å². The molecule has 202 valence electrons. The lowest BCUT2D eigenvalue weighted by Gasteiger charge is -2.60. The first-order valence-corrected chi connectivity index (χ1v) is 12.4. The Hall–Kier alpha value is -3.41. The van der Waals surface area contributed by atoms with Gasteiger partial charge < -0.3 is 19.3 Å². The Kier molecular flexibility index (Phi) is 6.28. The van der Waals surface area contributed by atoms with Gasteiger partial charge in [0.15, 0.2) is 23.1 Å². The molecule has 0 radical (unpaired) electrons. The minimum atomic E-state index is -1.19. The molecular formula is C27H30N2O9. The van der Waals surface area contributed by atoms with Crippen molar-refractivity contribution in [3.05, 3.63) is 45.0 Å². The second-order valence-corrected chi connectivity index (χ2v) is 10.2. The molecule has 0 aromatic rings. The summed E-state index contributed by atoms with van der Waals surface area (Å²) in [5.41, 5.74) is 1.32. The number of methoxy groups -OCH3 is 2. The first kappa shape index (κ1) is 26.2. The number of esters is 1. The molecule has 3 aliphatic heterocycles. The van der Waals surface area contributed by atoms with Crippen LogP contribution in [0.15, 0.2) is 45.0 Å². The van der Waals surface area contributed by atoms with Crippen LogP contribution in [0.5, 0.6) is 0 Å². The molecule has 0 spiro atoms. The van der Waals surface area contributed by atoms with Crippen molar-refractivity contribution in [3.8, 4) is 0 Å². The molecule has 2 aliphatic carbocycles. The number of piperazine rings is 1.